The quantitative estimate of drug-likeness (QED) is 0.879. The highest BCUT2D eigenvalue weighted by Crippen LogP contribution is 2.27. The van der Waals surface area contributed by atoms with Gasteiger partial charge in [-0.15, -0.1) is 0 Å². The van der Waals surface area contributed by atoms with Gasteiger partial charge in [0.15, 0.2) is 5.58 Å². The van der Waals surface area contributed by atoms with E-state index >= 15 is 0 Å². The Morgan fingerprint density at radius 2 is 2.08 bits per heavy atom. The van der Waals surface area contributed by atoms with E-state index < -0.39 is 0 Å². The molecule has 0 aliphatic carbocycles. The lowest BCUT2D eigenvalue weighted by atomic mass is 9.95. The lowest BCUT2D eigenvalue weighted by molar-refractivity contribution is -0.136. The van der Waals surface area contributed by atoms with Gasteiger partial charge in [0.25, 0.3) is 6.01 Å². The summed E-state index contributed by atoms with van der Waals surface area (Å²) >= 11 is 0. The maximum Gasteiger partial charge on any atom is 0.298 e. The Kier molecular flexibility index (Phi) is 5.35. The molecule has 24 heavy (non-hydrogen) atoms. The van der Waals surface area contributed by atoms with Crippen LogP contribution in [0, 0.1) is 5.92 Å². The van der Waals surface area contributed by atoms with Crippen LogP contribution in [-0.4, -0.2) is 53.7 Å². The van der Waals surface area contributed by atoms with Crippen molar-refractivity contribution in [3.8, 4) is 0 Å². The summed E-state index contributed by atoms with van der Waals surface area (Å²) in [5.74, 6) is 0.201. The van der Waals surface area contributed by atoms with Gasteiger partial charge in [-0.3, -0.25) is 4.79 Å². The van der Waals surface area contributed by atoms with Crippen molar-refractivity contribution < 1.29 is 14.3 Å². The minimum absolute atomic E-state index is 0.0213. The molecule has 1 N–H and O–H groups in total. The van der Waals surface area contributed by atoms with Gasteiger partial charge < -0.3 is 19.3 Å². The summed E-state index contributed by atoms with van der Waals surface area (Å²) in [6, 6.07) is 8.38. The monoisotopic (exact) mass is 331 g/mol. The number of anilines is 1. The second-order valence-corrected chi connectivity index (χ2v) is 6.27. The zero-order valence-electron chi connectivity index (χ0n) is 14.1. The summed E-state index contributed by atoms with van der Waals surface area (Å²) in [5, 5.41) is 9.15. The first kappa shape index (κ1) is 16.8. The second-order valence-electron chi connectivity index (χ2n) is 6.27. The number of amides is 1. The molecule has 0 saturated carbocycles. The average Bonchev–Trinajstić information content (AvgIpc) is 3.05. The van der Waals surface area contributed by atoms with Crippen LogP contribution >= 0.6 is 0 Å². The number of fused-ring (bicyclic) bond motifs is 1. The van der Waals surface area contributed by atoms with Crippen molar-refractivity contribution in [2.45, 2.75) is 26.2 Å². The Balaban J connectivity index is 1.61. The maximum atomic E-state index is 12.6. The van der Waals surface area contributed by atoms with Crippen LogP contribution in [0.5, 0.6) is 0 Å². The Hall–Kier alpha value is -2.08. The molecule has 6 heteroatoms. The van der Waals surface area contributed by atoms with E-state index in [2.05, 4.69) is 9.88 Å². The number of aliphatic hydroxyl groups is 1. The van der Waals surface area contributed by atoms with Gasteiger partial charge in [-0.2, -0.15) is 4.98 Å². The smallest absolute Gasteiger partial charge is 0.298 e. The second kappa shape index (κ2) is 7.66. The molecule has 1 aliphatic heterocycles. The number of hydrogen-bond donors (Lipinski definition) is 1. The first-order valence-corrected chi connectivity index (χ1v) is 8.73. The topological polar surface area (TPSA) is 69.8 Å². The summed E-state index contributed by atoms with van der Waals surface area (Å²) < 4.78 is 5.81. The van der Waals surface area contributed by atoms with E-state index in [1.54, 1.807) is 4.90 Å². The Morgan fingerprint density at radius 1 is 1.33 bits per heavy atom. The van der Waals surface area contributed by atoms with Gasteiger partial charge in [0.1, 0.15) is 5.52 Å². The van der Waals surface area contributed by atoms with E-state index in [1.165, 1.54) is 0 Å². The fourth-order valence-electron chi connectivity index (χ4n) is 3.29. The number of carbonyl (C=O) groups is 1. The third-order valence-electron chi connectivity index (χ3n) is 4.57. The molecule has 0 unspecified atom stereocenters. The van der Waals surface area contributed by atoms with Crippen molar-refractivity contribution in [3.05, 3.63) is 24.3 Å². The number of para-hydroxylation sites is 2. The Labute approximate surface area is 142 Å². The van der Waals surface area contributed by atoms with Gasteiger partial charge >= 0.3 is 0 Å². The largest absolute Gasteiger partial charge is 0.423 e. The molecule has 1 aromatic carbocycles. The van der Waals surface area contributed by atoms with Gasteiger partial charge in [0, 0.05) is 32.1 Å². The lowest BCUT2D eigenvalue weighted by Crippen LogP contribution is -2.44. The number of carbonyl (C=O) groups excluding carboxylic acids is 1. The number of hydrogen-bond acceptors (Lipinski definition) is 5. The molecule has 0 radical (unpaired) electrons. The van der Waals surface area contributed by atoms with Crippen LogP contribution in [-0.2, 0) is 4.79 Å². The third kappa shape index (κ3) is 3.53. The number of piperidine rings is 1. The Bertz CT molecular complexity index is 638. The number of oxazole rings is 1. The molecule has 0 bridgehead atoms. The highest BCUT2D eigenvalue weighted by molar-refractivity contribution is 5.79. The summed E-state index contributed by atoms with van der Waals surface area (Å²) in [4.78, 5) is 21.1. The van der Waals surface area contributed by atoms with Gasteiger partial charge in [-0.05, 0) is 31.4 Å². The summed E-state index contributed by atoms with van der Waals surface area (Å²) in [6.45, 7) is 4.74. The van der Waals surface area contributed by atoms with Crippen LogP contribution in [0.15, 0.2) is 28.7 Å². The number of nitrogens with zero attached hydrogens (tertiary/aromatic N) is 3. The van der Waals surface area contributed by atoms with Crippen molar-refractivity contribution >= 4 is 23.0 Å². The first-order chi connectivity index (χ1) is 11.7. The number of aromatic nitrogens is 1. The van der Waals surface area contributed by atoms with E-state index in [4.69, 9.17) is 9.52 Å². The minimum atomic E-state index is 0.0213. The zero-order chi connectivity index (χ0) is 16.9. The molecular weight excluding hydrogens is 306 g/mol. The molecule has 1 aromatic heterocycles. The van der Waals surface area contributed by atoms with Gasteiger partial charge in [0.2, 0.25) is 5.91 Å². The van der Waals surface area contributed by atoms with E-state index in [0.717, 1.165) is 43.5 Å². The number of benzene rings is 1. The predicted octanol–water partition coefficient (Wildman–Crippen LogP) is 2.28. The summed E-state index contributed by atoms with van der Waals surface area (Å²) in [5.41, 5.74) is 1.66. The van der Waals surface area contributed by atoms with Gasteiger partial charge in [-0.25, -0.2) is 0 Å². The van der Waals surface area contributed by atoms with Gasteiger partial charge in [0.05, 0.1) is 6.61 Å². The van der Waals surface area contributed by atoms with Gasteiger partial charge in [-0.1, -0.05) is 19.1 Å². The molecule has 1 aliphatic rings. The van der Waals surface area contributed by atoms with Crippen LogP contribution in [0.3, 0.4) is 0 Å². The van der Waals surface area contributed by atoms with Crippen molar-refractivity contribution in [2.75, 3.05) is 37.7 Å². The molecule has 0 spiro atoms. The molecule has 1 fully saturated rings. The minimum Gasteiger partial charge on any atom is -0.423 e. The average molecular weight is 331 g/mol. The Morgan fingerprint density at radius 3 is 2.75 bits per heavy atom. The molecule has 130 valence electrons. The fourth-order valence-corrected chi connectivity index (χ4v) is 3.29. The summed E-state index contributed by atoms with van der Waals surface area (Å²) in [7, 11) is 0. The molecule has 1 saturated heterocycles. The fraction of sp³-hybridized carbons (Fsp3) is 0.556. The van der Waals surface area contributed by atoms with Crippen molar-refractivity contribution in [3.63, 3.8) is 0 Å². The van der Waals surface area contributed by atoms with E-state index in [1.807, 2.05) is 31.2 Å². The number of aliphatic hydroxyl groups excluding tert-OH is 1. The lowest BCUT2D eigenvalue weighted by Gasteiger charge is -2.33. The summed E-state index contributed by atoms with van der Waals surface area (Å²) in [6.07, 6.45) is 2.50. The third-order valence-corrected chi connectivity index (χ3v) is 4.57. The van der Waals surface area contributed by atoms with Crippen LogP contribution in [0.1, 0.15) is 26.2 Å². The van der Waals surface area contributed by atoms with Crippen LogP contribution < -0.4 is 4.90 Å². The first-order valence-electron chi connectivity index (χ1n) is 8.73. The molecule has 6 nitrogen and oxygen atoms in total. The normalized spacial score (nSPS) is 15.8. The van der Waals surface area contributed by atoms with Crippen molar-refractivity contribution in [1.29, 1.82) is 0 Å². The van der Waals surface area contributed by atoms with E-state index in [0.29, 0.717) is 19.1 Å². The van der Waals surface area contributed by atoms with E-state index in [9.17, 15) is 4.79 Å². The molecule has 0 atom stereocenters. The van der Waals surface area contributed by atoms with Crippen LogP contribution in [0.2, 0.25) is 0 Å². The predicted molar refractivity (Wildman–Crippen MR) is 92.9 cm³/mol. The van der Waals surface area contributed by atoms with E-state index in [-0.39, 0.29) is 18.4 Å². The molecule has 3 rings (SSSR count). The van der Waals surface area contributed by atoms with Crippen molar-refractivity contribution in [2.24, 2.45) is 5.92 Å². The molecule has 2 heterocycles. The zero-order valence-corrected chi connectivity index (χ0v) is 14.1. The standard InChI is InChI=1S/C18H25N3O3/c1-2-9-20(12-13-22)17(23)14-7-10-21(11-8-14)18-19-15-5-3-4-6-16(15)24-18/h3-6,14,22H,2,7-13H2,1H3. The maximum absolute atomic E-state index is 12.6. The number of rotatable bonds is 6. The van der Waals surface area contributed by atoms with Crippen LogP contribution in [0.4, 0.5) is 6.01 Å². The highest BCUT2D eigenvalue weighted by atomic mass is 16.4. The van der Waals surface area contributed by atoms with Crippen molar-refractivity contribution in [1.82, 2.24) is 9.88 Å². The molecule has 2 aromatic rings. The highest BCUT2D eigenvalue weighted by Gasteiger charge is 2.29. The van der Waals surface area contributed by atoms with Crippen LogP contribution in [0.25, 0.3) is 11.1 Å². The SMILES string of the molecule is CCCN(CCO)C(=O)C1CCN(c2nc3ccccc3o2)CC1. The molecule has 1 amide bonds. The molecular formula is C18H25N3O3.